The van der Waals surface area contributed by atoms with E-state index in [-0.39, 0.29) is 11.5 Å². The number of aromatic carboxylic acids is 1. The van der Waals surface area contributed by atoms with E-state index >= 15 is 0 Å². The number of aromatic nitrogens is 1. The molecule has 0 bridgehead atoms. The molecule has 4 nitrogen and oxygen atoms in total. The van der Waals surface area contributed by atoms with Crippen molar-refractivity contribution in [3.63, 3.8) is 0 Å². The average Bonchev–Trinajstić information content (AvgIpc) is 2.83. The summed E-state index contributed by atoms with van der Waals surface area (Å²) in [6, 6.07) is 7.72. The van der Waals surface area contributed by atoms with Crippen molar-refractivity contribution in [1.29, 1.82) is 0 Å². The smallest absolute Gasteiger partial charge is 0.341 e. The number of carbonyl (C=O) groups is 1. The Hall–Kier alpha value is -2.10. The molecule has 0 aliphatic heterocycles. The Morgan fingerprint density at radius 1 is 1.32 bits per heavy atom. The number of nitrogens with zero attached hydrogens (tertiary/aromatic N) is 1. The van der Waals surface area contributed by atoms with Crippen LogP contribution in [0.25, 0.3) is 11.3 Å². The highest BCUT2D eigenvalue weighted by atomic mass is 16.5. The molecule has 4 heteroatoms. The zero-order valence-electron chi connectivity index (χ0n) is 11.3. The van der Waals surface area contributed by atoms with E-state index in [0.29, 0.717) is 11.5 Å². The summed E-state index contributed by atoms with van der Waals surface area (Å²) in [6.45, 7) is 5.85. The van der Waals surface area contributed by atoms with Gasteiger partial charge >= 0.3 is 5.97 Å². The van der Waals surface area contributed by atoms with Gasteiger partial charge in [-0.05, 0) is 12.0 Å². The fourth-order valence-electron chi connectivity index (χ4n) is 2.00. The fraction of sp³-hybridized carbons (Fsp3) is 0.333. The SMILES string of the molecule is CCc1ccc(-c2noc(C(C)C)c2C(=O)O)cc1. The zero-order chi connectivity index (χ0) is 14.0. The van der Waals surface area contributed by atoms with Crippen molar-refractivity contribution < 1.29 is 14.4 Å². The summed E-state index contributed by atoms with van der Waals surface area (Å²) in [6.07, 6.45) is 0.947. The highest BCUT2D eigenvalue weighted by Crippen LogP contribution is 2.29. The molecule has 0 amide bonds. The van der Waals surface area contributed by atoms with Crippen molar-refractivity contribution in [3.8, 4) is 11.3 Å². The first kappa shape index (κ1) is 13.3. The number of hydrogen-bond acceptors (Lipinski definition) is 3. The average molecular weight is 259 g/mol. The van der Waals surface area contributed by atoms with Gasteiger partial charge in [-0.15, -0.1) is 0 Å². The lowest BCUT2D eigenvalue weighted by Gasteiger charge is -2.02. The monoisotopic (exact) mass is 259 g/mol. The third-order valence-corrected chi connectivity index (χ3v) is 3.09. The van der Waals surface area contributed by atoms with Gasteiger partial charge in [-0.2, -0.15) is 0 Å². The van der Waals surface area contributed by atoms with Crippen molar-refractivity contribution in [3.05, 3.63) is 41.2 Å². The predicted molar refractivity (Wildman–Crippen MR) is 72.4 cm³/mol. The van der Waals surface area contributed by atoms with Crippen LogP contribution in [0.4, 0.5) is 0 Å². The van der Waals surface area contributed by atoms with Gasteiger partial charge in [-0.3, -0.25) is 0 Å². The Kier molecular flexibility index (Phi) is 3.69. The molecule has 0 saturated carbocycles. The molecule has 0 radical (unpaired) electrons. The number of benzene rings is 1. The van der Waals surface area contributed by atoms with E-state index in [1.165, 1.54) is 5.56 Å². The summed E-state index contributed by atoms with van der Waals surface area (Å²) in [4.78, 5) is 11.4. The largest absolute Gasteiger partial charge is 0.477 e. The molecule has 0 fully saturated rings. The Morgan fingerprint density at radius 3 is 2.42 bits per heavy atom. The van der Waals surface area contributed by atoms with E-state index in [4.69, 9.17) is 4.52 Å². The van der Waals surface area contributed by atoms with E-state index < -0.39 is 5.97 Å². The number of carboxylic acid groups (broad SMARTS) is 1. The summed E-state index contributed by atoms with van der Waals surface area (Å²) >= 11 is 0. The molecule has 0 unspecified atom stereocenters. The maximum Gasteiger partial charge on any atom is 0.341 e. The van der Waals surface area contributed by atoms with Crippen LogP contribution in [0, 0.1) is 0 Å². The fourth-order valence-corrected chi connectivity index (χ4v) is 2.00. The Bertz CT molecular complexity index is 582. The molecular weight excluding hydrogens is 242 g/mol. The van der Waals surface area contributed by atoms with Crippen molar-refractivity contribution in [2.75, 3.05) is 0 Å². The molecule has 0 atom stereocenters. The van der Waals surface area contributed by atoms with E-state index in [0.717, 1.165) is 12.0 Å². The maximum atomic E-state index is 11.4. The minimum Gasteiger partial charge on any atom is -0.477 e. The van der Waals surface area contributed by atoms with Crippen LogP contribution in [0.5, 0.6) is 0 Å². The molecule has 0 saturated heterocycles. The number of rotatable bonds is 4. The topological polar surface area (TPSA) is 63.3 Å². The van der Waals surface area contributed by atoms with Gasteiger partial charge in [0.15, 0.2) is 5.76 Å². The molecule has 1 aromatic heterocycles. The maximum absolute atomic E-state index is 11.4. The third-order valence-electron chi connectivity index (χ3n) is 3.09. The van der Waals surface area contributed by atoms with E-state index in [9.17, 15) is 9.90 Å². The first-order chi connectivity index (χ1) is 9.04. The standard InChI is InChI=1S/C15H17NO3/c1-4-10-5-7-11(8-6-10)13-12(15(17)18)14(9(2)3)19-16-13/h5-9H,4H2,1-3H3,(H,17,18). The molecule has 2 aromatic rings. The summed E-state index contributed by atoms with van der Waals surface area (Å²) in [5, 5.41) is 13.3. The van der Waals surface area contributed by atoms with Crippen molar-refractivity contribution >= 4 is 5.97 Å². The van der Waals surface area contributed by atoms with Crippen molar-refractivity contribution in [2.45, 2.75) is 33.1 Å². The molecule has 0 aliphatic carbocycles. The first-order valence-electron chi connectivity index (χ1n) is 6.36. The Morgan fingerprint density at radius 2 is 1.95 bits per heavy atom. The zero-order valence-corrected chi connectivity index (χ0v) is 11.3. The van der Waals surface area contributed by atoms with Crippen LogP contribution in [0.2, 0.25) is 0 Å². The second-order valence-corrected chi connectivity index (χ2v) is 4.78. The van der Waals surface area contributed by atoms with Crippen LogP contribution in [-0.4, -0.2) is 16.2 Å². The molecule has 0 spiro atoms. The predicted octanol–water partition coefficient (Wildman–Crippen LogP) is 3.73. The second-order valence-electron chi connectivity index (χ2n) is 4.78. The minimum atomic E-state index is -1.00. The minimum absolute atomic E-state index is 0.0118. The van der Waals surface area contributed by atoms with Crippen LogP contribution < -0.4 is 0 Å². The van der Waals surface area contributed by atoms with Gasteiger partial charge in [0, 0.05) is 11.5 Å². The lowest BCUT2D eigenvalue weighted by molar-refractivity contribution is 0.0694. The van der Waals surface area contributed by atoms with Gasteiger partial charge in [0.1, 0.15) is 11.3 Å². The first-order valence-corrected chi connectivity index (χ1v) is 6.36. The molecule has 1 N–H and O–H groups in total. The van der Waals surface area contributed by atoms with Crippen molar-refractivity contribution in [2.24, 2.45) is 0 Å². The molecular formula is C15H17NO3. The van der Waals surface area contributed by atoms with Crippen LogP contribution in [0.3, 0.4) is 0 Å². The van der Waals surface area contributed by atoms with Gasteiger partial charge in [0.2, 0.25) is 0 Å². The normalized spacial score (nSPS) is 10.9. The Balaban J connectivity index is 2.52. The van der Waals surface area contributed by atoms with E-state index in [2.05, 4.69) is 12.1 Å². The van der Waals surface area contributed by atoms with Crippen LogP contribution in [0.1, 0.15) is 48.4 Å². The molecule has 1 heterocycles. The summed E-state index contributed by atoms with van der Waals surface area (Å²) in [5.74, 6) is -0.594. The van der Waals surface area contributed by atoms with Crippen molar-refractivity contribution in [1.82, 2.24) is 5.16 Å². The lowest BCUT2D eigenvalue weighted by Crippen LogP contribution is -2.02. The molecule has 100 valence electrons. The number of hydrogen-bond donors (Lipinski definition) is 1. The van der Waals surface area contributed by atoms with Gasteiger partial charge in [0.05, 0.1) is 0 Å². The molecule has 2 rings (SSSR count). The van der Waals surface area contributed by atoms with E-state index in [1.54, 1.807) is 0 Å². The molecule has 19 heavy (non-hydrogen) atoms. The van der Waals surface area contributed by atoms with E-state index in [1.807, 2.05) is 38.1 Å². The summed E-state index contributed by atoms with van der Waals surface area (Å²) < 4.78 is 5.20. The van der Waals surface area contributed by atoms with Gasteiger partial charge in [0.25, 0.3) is 0 Å². The van der Waals surface area contributed by atoms with Crippen LogP contribution in [0.15, 0.2) is 28.8 Å². The second kappa shape index (κ2) is 5.26. The Labute approximate surface area is 112 Å². The van der Waals surface area contributed by atoms with Gasteiger partial charge < -0.3 is 9.63 Å². The quantitative estimate of drug-likeness (QED) is 0.908. The van der Waals surface area contributed by atoms with Crippen LogP contribution >= 0.6 is 0 Å². The molecule has 0 aliphatic rings. The third kappa shape index (κ3) is 2.52. The number of carboxylic acids is 1. The number of aryl methyl sites for hydroxylation is 1. The highest BCUT2D eigenvalue weighted by Gasteiger charge is 2.25. The lowest BCUT2D eigenvalue weighted by atomic mass is 10.00. The van der Waals surface area contributed by atoms with Crippen LogP contribution in [-0.2, 0) is 6.42 Å². The highest BCUT2D eigenvalue weighted by molar-refractivity contribution is 5.95. The summed E-state index contributed by atoms with van der Waals surface area (Å²) in [5.41, 5.74) is 2.54. The van der Waals surface area contributed by atoms with Gasteiger partial charge in [-0.1, -0.05) is 50.2 Å². The molecule has 1 aromatic carbocycles. The van der Waals surface area contributed by atoms with Gasteiger partial charge in [-0.25, -0.2) is 4.79 Å². The summed E-state index contributed by atoms with van der Waals surface area (Å²) in [7, 11) is 0.